The lowest BCUT2D eigenvalue weighted by Gasteiger charge is -2.20. The second-order valence-corrected chi connectivity index (χ2v) is 8.97. The van der Waals surface area contributed by atoms with E-state index in [9.17, 15) is 8.78 Å². The standard InChI is InChI=1S/C26H32F2O/c1-3-4-18-11-13-22-19(12-14-21(18)22)8-5-17-6-9-20(10-7-17)23-15-16-24(29-2)26(28)25(23)27/h6-7,9-10,15-16,18-19,21-22H,3-5,8,11-14H2,1-2H3. The summed E-state index contributed by atoms with van der Waals surface area (Å²) in [7, 11) is 1.34. The average Bonchev–Trinajstić information content (AvgIpc) is 3.32. The maximum Gasteiger partial charge on any atom is 0.201 e. The predicted molar refractivity (Wildman–Crippen MR) is 114 cm³/mol. The Bertz CT molecular complexity index is 829. The van der Waals surface area contributed by atoms with Gasteiger partial charge < -0.3 is 4.74 Å². The molecule has 0 heterocycles. The van der Waals surface area contributed by atoms with Crippen LogP contribution in [0.3, 0.4) is 0 Å². The van der Waals surface area contributed by atoms with Gasteiger partial charge in [-0.15, -0.1) is 0 Å². The zero-order chi connectivity index (χ0) is 20.4. The number of fused-ring (bicyclic) bond motifs is 1. The summed E-state index contributed by atoms with van der Waals surface area (Å²) in [6, 6.07) is 11.0. The monoisotopic (exact) mass is 398 g/mol. The molecule has 4 unspecified atom stereocenters. The van der Waals surface area contributed by atoms with Gasteiger partial charge in [0, 0.05) is 5.56 Å². The topological polar surface area (TPSA) is 9.23 Å². The van der Waals surface area contributed by atoms with Crippen molar-refractivity contribution in [3.05, 3.63) is 53.6 Å². The van der Waals surface area contributed by atoms with Crippen molar-refractivity contribution in [2.75, 3.05) is 7.11 Å². The molecule has 0 aromatic heterocycles. The second-order valence-electron chi connectivity index (χ2n) is 8.97. The number of aryl methyl sites for hydroxylation is 1. The summed E-state index contributed by atoms with van der Waals surface area (Å²) >= 11 is 0. The van der Waals surface area contributed by atoms with Crippen LogP contribution in [0.25, 0.3) is 11.1 Å². The van der Waals surface area contributed by atoms with Gasteiger partial charge in [-0.1, -0.05) is 44.0 Å². The molecule has 2 aliphatic carbocycles. The number of benzene rings is 2. The third-order valence-electron chi connectivity index (χ3n) is 7.50. The molecular formula is C26H32F2O. The Morgan fingerprint density at radius 1 is 0.828 bits per heavy atom. The second kappa shape index (κ2) is 8.85. The van der Waals surface area contributed by atoms with Crippen molar-refractivity contribution < 1.29 is 13.5 Å². The Morgan fingerprint density at radius 2 is 1.48 bits per heavy atom. The van der Waals surface area contributed by atoms with Crippen LogP contribution < -0.4 is 4.74 Å². The van der Waals surface area contributed by atoms with E-state index in [2.05, 4.69) is 19.1 Å². The van der Waals surface area contributed by atoms with Crippen molar-refractivity contribution in [2.24, 2.45) is 23.7 Å². The fraction of sp³-hybridized carbons (Fsp3) is 0.538. The molecule has 3 heteroatoms. The SMILES string of the molecule is CCCC1CCC2C(CCc3ccc(-c4ccc(OC)c(F)c4F)cc3)CCC12. The number of methoxy groups -OCH3 is 1. The van der Waals surface area contributed by atoms with Crippen LogP contribution in [0.4, 0.5) is 8.78 Å². The number of halogens is 2. The first-order valence-corrected chi connectivity index (χ1v) is 11.2. The molecule has 0 saturated heterocycles. The lowest BCUT2D eigenvalue weighted by atomic mass is 9.85. The van der Waals surface area contributed by atoms with Crippen molar-refractivity contribution in [3.63, 3.8) is 0 Å². The lowest BCUT2D eigenvalue weighted by Crippen LogP contribution is -2.13. The van der Waals surface area contributed by atoms with Crippen molar-refractivity contribution in [1.29, 1.82) is 0 Å². The van der Waals surface area contributed by atoms with Gasteiger partial charge in [0.2, 0.25) is 5.82 Å². The van der Waals surface area contributed by atoms with Gasteiger partial charge in [-0.05, 0) is 85.5 Å². The van der Waals surface area contributed by atoms with E-state index in [-0.39, 0.29) is 11.3 Å². The fourth-order valence-corrected chi connectivity index (χ4v) is 6.04. The molecule has 2 fully saturated rings. The van der Waals surface area contributed by atoms with Crippen LogP contribution in [0.2, 0.25) is 0 Å². The smallest absolute Gasteiger partial charge is 0.201 e. The normalized spacial score (nSPS) is 25.9. The number of hydrogen-bond donors (Lipinski definition) is 0. The Hall–Kier alpha value is -1.90. The third-order valence-corrected chi connectivity index (χ3v) is 7.50. The van der Waals surface area contributed by atoms with E-state index in [1.807, 2.05) is 12.1 Å². The molecule has 2 saturated carbocycles. The molecule has 0 amide bonds. The maximum absolute atomic E-state index is 14.3. The first kappa shape index (κ1) is 20.4. The van der Waals surface area contributed by atoms with Crippen LogP contribution in [0, 0.1) is 35.3 Å². The Labute approximate surface area is 173 Å². The van der Waals surface area contributed by atoms with E-state index in [1.54, 1.807) is 6.07 Å². The van der Waals surface area contributed by atoms with Gasteiger partial charge in [0.15, 0.2) is 11.6 Å². The Kier molecular flexibility index (Phi) is 6.22. The highest BCUT2D eigenvalue weighted by Crippen LogP contribution is 2.53. The van der Waals surface area contributed by atoms with Gasteiger partial charge in [-0.3, -0.25) is 0 Å². The first-order chi connectivity index (χ1) is 14.1. The molecule has 0 spiro atoms. The third kappa shape index (κ3) is 4.06. The summed E-state index contributed by atoms with van der Waals surface area (Å²) < 4.78 is 33.2. The zero-order valence-electron chi connectivity index (χ0n) is 17.6. The van der Waals surface area contributed by atoms with Gasteiger partial charge >= 0.3 is 0 Å². The number of hydrogen-bond acceptors (Lipinski definition) is 1. The summed E-state index contributed by atoms with van der Waals surface area (Å²) in [4.78, 5) is 0. The van der Waals surface area contributed by atoms with E-state index >= 15 is 0 Å². The number of ether oxygens (including phenoxy) is 1. The molecule has 0 radical (unpaired) electrons. The molecule has 156 valence electrons. The summed E-state index contributed by atoms with van der Waals surface area (Å²) in [6.45, 7) is 2.32. The van der Waals surface area contributed by atoms with E-state index in [1.165, 1.54) is 63.7 Å². The van der Waals surface area contributed by atoms with Gasteiger partial charge in [0.25, 0.3) is 0 Å². The predicted octanol–water partition coefficient (Wildman–Crippen LogP) is 7.43. The lowest BCUT2D eigenvalue weighted by molar-refractivity contribution is 0.294. The minimum atomic E-state index is -0.928. The van der Waals surface area contributed by atoms with Gasteiger partial charge in [-0.25, -0.2) is 4.39 Å². The molecule has 2 aromatic carbocycles. The summed E-state index contributed by atoms with van der Waals surface area (Å²) in [5.74, 6) is 1.94. The first-order valence-electron chi connectivity index (χ1n) is 11.2. The molecule has 0 aliphatic heterocycles. The summed E-state index contributed by atoms with van der Waals surface area (Å²) in [5.41, 5.74) is 2.27. The minimum Gasteiger partial charge on any atom is -0.494 e. The van der Waals surface area contributed by atoms with Crippen LogP contribution in [0.15, 0.2) is 36.4 Å². The van der Waals surface area contributed by atoms with Crippen LogP contribution in [-0.2, 0) is 6.42 Å². The van der Waals surface area contributed by atoms with E-state index in [0.717, 1.165) is 30.1 Å². The molecule has 29 heavy (non-hydrogen) atoms. The molecule has 0 bridgehead atoms. The van der Waals surface area contributed by atoms with Crippen molar-refractivity contribution in [1.82, 2.24) is 0 Å². The molecule has 2 aromatic rings. The average molecular weight is 399 g/mol. The molecule has 1 nitrogen and oxygen atoms in total. The quantitative estimate of drug-likeness (QED) is 0.471. The van der Waals surface area contributed by atoms with Crippen LogP contribution in [0.5, 0.6) is 5.75 Å². The van der Waals surface area contributed by atoms with Crippen molar-refractivity contribution in [2.45, 2.75) is 58.3 Å². The Balaban J connectivity index is 1.38. The van der Waals surface area contributed by atoms with Gasteiger partial charge in [0.05, 0.1) is 7.11 Å². The molecule has 4 atom stereocenters. The fourth-order valence-electron chi connectivity index (χ4n) is 6.04. The maximum atomic E-state index is 14.3. The highest BCUT2D eigenvalue weighted by atomic mass is 19.2. The summed E-state index contributed by atoms with van der Waals surface area (Å²) in [6.07, 6.45) is 10.8. The van der Waals surface area contributed by atoms with E-state index in [0.29, 0.717) is 5.56 Å². The van der Waals surface area contributed by atoms with Crippen LogP contribution in [0.1, 0.15) is 57.4 Å². The molecular weight excluding hydrogens is 366 g/mol. The highest BCUT2D eigenvalue weighted by molar-refractivity contribution is 5.65. The van der Waals surface area contributed by atoms with Crippen molar-refractivity contribution >= 4 is 0 Å². The molecule has 2 aliphatic rings. The highest BCUT2D eigenvalue weighted by Gasteiger charge is 2.43. The van der Waals surface area contributed by atoms with Gasteiger partial charge in [-0.2, -0.15) is 4.39 Å². The van der Waals surface area contributed by atoms with E-state index < -0.39 is 11.6 Å². The number of rotatable bonds is 7. The van der Waals surface area contributed by atoms with Crippen LogP contribution >= 0.6 is 0 Å². The van der Waals surface area contributed by atoms with Gasteiger partial charge in [0.1, 0.15) is 0 Å². The van der Waals surface area contributed by atoms with Crippen molar-refractivity contribution in [3.8, 4) is 16.9 Å². The largest absolute Gasteiger partial charge is 0.494 e. The summed E-state index contributed by atoms with van der Waals surface area (Å²) in [5, 5.41) is 0. The molecule has 4 rings (SSSR count). The van der Waals surface area contributed by atoms with E-state index in [4.69, 9.17) is 4.74 Å². The zero-order valence-corrected chi connectivity index (χ0v) is 17.6. The Morgan fingerprint density at radius 3 is 2.10 bits per heavy atom. The molecule has 0 N–H and O–H groups in total. The minimum absolute atomic E-state index is 0.0640. The van der Waals surface area contributed by atoms with Crippen LogP contribution in [-0.4, -0.2) is 7.11 Å².